The number of carbonyl (C=O) groups is 1. The van der Waals surface area contributed by atoms with Gasteiger partial charge >= 0.3 is 0 Å². The standard InChI is InChI=1S/C22H20ClFN2O4S/c1-3-30-18-8-6-17(7-9-18)26-31(28,29)21-13-15(4-10-19(21)23)22(27)25-20-11-5-16(24)12-14(20)2/h4-13,26H,3H2,1-2H3,(H,25,27). The van der Waals surface area contributed by atoms with Crippen molar-refractivity contribution in [3.05, 3.63) is 82.6 Å². The summed E-state index contributed by atoms with van der Waals surface area (Å²) in [4.78, 5) is 12.4. The molecule has 1 amide bonds. The van der Waals surface area contributed by atoms with Crippen LogP contribution >= 0.6 is 11.6 Å². The van der Waals surface area contributed by atoms with E-state index >= 15 is 0 Å². The third kappa shape index (κ3) is 5.53. The fourth-order valence-electron chi connectivity index (χ4n) is 2.81. The Morgan fingerprint density at radius 1 is 1.06 bits per heavy atom. The van der Waals surface area contributed by atoms with Crippen LogP contribution in [0, 0.1) is 12.7 Å². The highest BCUT2D eigenvalue weighted by molar-refractivity contribution is 7.92. The molecule has 0 heterocycles. The van der Waals surface area contributed by atoms with Gasteiger partial charge in [0.15, 0.2) is 0 Å². The predicted octanol–water partition coefficient (Wildman–Crippen LogP) is 5.24. The zero-order valence-electron chi connectivity index (χ0n) is 16.8. The first-order chi connectivity index (χ1) is 14.7. The maximum Gasteiger partial charge on any atom is 0.263 e. The number of ether oxygens (including phenoxy) is 1. The molecule has 6 nitrogen and oxygen atoms in total. The lowest BCUT2D eigenvalue weighted by molar-refractivity contribution is 0.102. The SMILES string of the molecule is CCOc1ccc(NS(=O)(=O)c2cc(C(=O)Nc3ccc(F)cc3C)ccc2Cl)cc1. The highest BCUT2D eigenvalue weighted by Gasteiger charge is 2.21. The maximum atomic E-state index is 13.3. The second kappa shape index (κ2) is 9.36. The van der Waals surface area contributed by atoms with Gasteiger partial charge in [0.25, 0.3) is 15.9 Å². The third-order valence-corrected chi connectivity index (χ3v) is 6.20. The van der Waals surface area contributed by atoms with Crippen molar-refractivity contribution in [1.29, 1.82) is 0 Å². The Morgan fingerprint density at radius 3 is 2.42 bits per heavy atom. The van der Waals surface area contributed by atoms with Crippen LogP contribution in [-0.4, -0.2) is 20.9 Å². The molecule has 3 aromatic rings. The van der Waals surface area contributed by atoms with Gasteiger partial charge in [0, 0.05) is 16.9 Å². The molecule has 0 saturated heterocycles. The van der Waals surface area contributed by atoms with Crippen molar-refractivity contribution >= 4 is 38.9 Å². The number of halogens is 2. The van der Waals surface area contributed by atoms with Crippen LogP contribution in [0.3, 0.4) is 0 Å². The van der Waals surface area contributed by atoms with E-state index in [-0.39, 0.29) is 15.5 Å². The van der Waals surface area contributed by atoms with E-state index in [9.17, 15) is 17.6 Å². The van der Waals surface area contributed by atoms with Crippen LogP contribution < -0.4 is 14.8 Å². The number of carbonyl (C=O) groups excluding carboxylic acids is 1. The van der Waals surface area contributed by atoms with Crippen LogP contribution in [0.4, 0.5) is 15.8 Å². The summed E-state index contributed by atoms with van der Waals surface area (Å²) < 4.78 is 46.8. The largest absolute Gasteiger partial charge is 0.494 e. The van der Waals surface area contributed by atoms with Gasteiger partial charge in [0.2, 0.25) is 0 Å². The van der Waals surface area contributed by atoms with E-state index in [1.807, 2.05) is 6.92 Å². The average molecular weight is 463 g/mol. The van der Waals surface area contributed by atoms with Crippen LogP contribution in [0.1, 0.15) is 22.8 Å². The molecule has 9 heteroatoms. The summed E-state index contributed by atoms with van der Waals surface area (Å²) in [5, 5.41) is 2.61. The number of benzene rings is 3. The Morgan fingerprint density at radius 2 is 1.77 bits per heavy atom. The molecule has 3 rings (SSSR count). The molecule has 0 saturated carbocycles. The van der Waals surface area contributed by atoms with E-state index in [2.05, 4.69) is 10.0 Å². The lowest BCUT2D eigenvalue weighted by Crippen LogP contribution is -2.17. The monoisotopic (exact) mass is 462 g/mol. The summed E-state index contributed by atoms with van der Waals surface area (Å²) in [5.74, 6) is -0.363. The van der Waals surface area contributed by atoms with Crippen molar-refractivity contribution < 1.29 is 22.3 Å². The first-order valence-corrected chi connectivity index (χ1v) is 11.2. The Kier molecular flexibility index (Phi) is 6.82. The molecule has 0 bridgehead atoms. The van der Waals surface area contributed by atoms with E-state index in [4.69, 9.17) is 16.3 Å². The molecular weight excluding hydrogens is 443 g/mol. The van der Waals surface area contributed by atoms with E-state index in [0.717, 1.165) is 0 Å². The number of anilines is 2. The van der Waals surface area contributed by atoms with Gasteiger partial charge in [-0.25, -0.2) is 12.8 Å². The molecule has 0 aliphatic carbocycles. The minimum Gasteiger partial charge on any atom is -0.494 e. The molecule has 0 radical (unpaired) electrons. The number of sulfonamides is 1. The molecule has 0 aliphatic heterocycles. The smallest absolute Gasteiger partial charge is 0.263 e. The second-order valence-corrected chi connectivity index (χ2v) is 8.68. The second-order valence-electron chi connectivity index (χ2n) is 6.62. The molecule has 0 aromatic heterocycles. The highest BCUT2D eigenvalue weighted by Crippen LogP contribution is 2.27. The number of rotatable bonds is 7. The van der Waals surface area contributed by atoms with Gasteiger partial charge in [-0.3, -0.25) is 9.52 Å². The first-order valence-electron chi connectivity index (χ1n) is 9.32. The third-order valence-electron chi connectivity index (χ3n) is 4.34. The summed E-state index contributed by atoms with van der Waals surface area (Å²) in [6.07, 6.45) is 0. The van der Waals surface area contributed by atoms with Gasteiger partial charge in [-0.15, -0.1) is 0 Å². The number of aryl methyl sites for hydroxylation is 1. The van der Waals surface area contributed by atoms with Crippen molar-refractivity contribution in [1.82, 2.24) is 0 Å². The topological polar surface area (TPSA) is 84.5 Å². The van der Waals surface area contributed by atoms with E-state index in [0.29, 0.717) is 29.3 Å². The quantitative estimate of drug-likeness (QED) is 0.503. The Hall–Kier alpha value is -3.10. The van der Waals surface area contributed by atoms with Crippen LogP contribution in [0.5, 0.6) is 5.75 Å². The summed E-state index contributed by atoms with van der Waals surface area (Å²) in [7, 11) is -4.06. The van der Waals surface area contributed by atoms with Gasteiger partial charge in [-0.2, -0.15) is 0 Å². The molecule has 162 valence electrons. The Labute approximate surface area is 185 Å². The number of hydrogen-bond donors (Lipinski definition) is 2. The Balaban J connectivity index is 1.84. The molecule has 0 atom stereocenters. The zero-order valence-corrected chi connectivity index (χ0v) is 18.4. The zero-order chi connectivity index (χ0) is 22.6. The minimum absolute atomic E-state index is 0.0343. The first kappa shape index (κ1) is 22.6. The van der Waals surface area contributed by atoms with Crippen molar-refractivity contribution in [2.45, 2.75) is 18.7 Å². The van der Waals surface area contributed by atoms with Gasteiger partial charge in [0.1, 0.15) is 16.5 Å². The normalized spacial score (nSPS) is 11.1. The summed E-state index contributed by atoms with van der Waals surface area (Å²) in [6, 6.07) is 14.3. The van der Waals surface area contributed by atoms with Gasteiger partial charge in [-0.05, 0) is 80.1 Å². The number of amides is 1. The van der Waals surface area contributed by atoms with Crippen LogP contribution in [-0.2, 0) is 10.0 Å². The van der Waals surface area contributed by atoms with Gasteiger partial charge in [-0.1, -0.05) is 11.6 Å². The van der Waals surface area contributed by atoms with Crippen LogP contribution in [0.15, 0.2) is 65.6 Å². The highest BCUT2D eigenvalue weighted by atomic mass is 35.5. The molecule has 0 unspecified atom stereocenters. The average Bonchev–Trinajstić information content (AvgIpc) is 2.71. The number of nitrogens with one attached hydrogen (secondary N) is 2. The maximum absolute atomic E-state index is 13.3. The minimum atomic E-state index is -4.06. The van der Waals surface area contributed by atoms with Crippen molar-refractivity contribution in [2.75, 3.05) is 16.6 Å². The fraction of sp³-hybridized carbons (Fsp3) is 0.136. The molecule has 31 heavy (non-hydrogen) atoms. The molecule has 0 fully saturated rings. The lowest BCUT2D eigenvalue weighted by atomic mass is 10.1. The summed E-state index contributed by atoms with van der Waals surface area (Å²) in [5.41, 5.74) is 1.35. The number of hydrogen-bond acceptors (Lipinski definition) is 4. The predicted molar refractivity (Wildman–Crippen MR) is 119 cm³/mol. The summed E-state index contributed by atoms with van der Waals surface area (Å²) >= 11 is 6.11. The molecule has 0 aliphatic rings. The van der Waals surface area contributed by atoms with Crippen molar-refractivity contribution in [2.24, 2.45) is 0 Å². The summed E-state index contributed by atoms with van der Waals surface area (Å²) in [6.45, 7) is 3.99. The van der Waals surface area contributed by atoms with Crippen molar-refractivity contribution in [3.8, 4) is 5.75 Å². The Bertz CT molecular complexity index is 1210. The van der Waals surface area contributed by atoms with E-state index in [1.54, 1.807) is 31.2 Å². The van der Waals surface area contributed by atoms with E-state index < -0.39 is 21.7 Å². The fourth-order valence-corrected chi connectivity index (χ4v) is 4.39. The van der Waals surface area contributed by atoms with Gasteiger partial charge < -0.3 is 10.1 Å². The molecule has 3 aromatic carbocycles. The van der Waals surface area contributed by atoms with Crippen LogP contribution in [0.2, 0.25) is 5.02 Å². The van der Waals surface area contributed by atoms with Gasteiger partial charge in [0.05, 0.1) is 11.6 Å². The molecule has 0 spiro atoms. The van der Waals surface area contributed by atoms with Crippen LogP contribution in [0.25, 0.3) is 0 Å². The lowest BCUT2D eigenvalue weighted by Gasteiger charge is -2.12. The van der Waals surface area contributed by atoms with E-state index in [1.165, 1.54) is 36.4 Å². The molecule has 2 N–H and O–H groups in total. The molecular formula is C22H20ClFN2O4S. The van der Waals surface area contributed by atoms with Crippen molar-refractivity contribution in [3.63, 3.8) is 0 Å².